The van der Waals surface area contributed by atoms with Gasteiger partial charge in [0.25, 0.3) is 5.91 Å². The van der Waals surface area contributed by atoms with Crippen LogP contribution >= 0.6 is 0 Å². The SMILES string of the molecule is COCCN1NC(O)c2ccccc2C1=O. The second-order valence-corrected chi connectivity index (χ2v) is 3.57. The highest BCUT2D eigenvalue weighted by molar-refractivity contribution is 5.96. The molecule has 2 N–H and O–H groups in total. The van der Waals surface area contributed by atoms with Gasteiger partial charge < -0.3 is 9.84 Å². The van der Waals surface area contributed by atoms with Gasteiger partial charge in [-0.15, -0.1) is 0 Å². The van der Waals surface area contributed by atoms with E-state index in [-0.39, 0.29) is 5.91 Å². The van der Waals surface area contributed by atoms with Crippen molar-refractivity contribution in [1.29, 1.82) is 0 Å². The van der Waals surface area contributed by atoms with Gasteiger partial charge in [-0.2, -0.15) is 5.43 Å². The Kier molecular flexibility index (Phi) is 3.19. The van der Waals surface area contributed by atoms with Crippen molar-refractivity contribution >= 4 is 5.91 Å². The number of ether oxygens (including phenoxy) is 1. The quantitative estimate of drug-likeness (QED) is 0.771. The molecule has 0 radical (unpaired) electrons. The van der Waals surface area contributed by atoms with E-state index >= 15 is 0 Å². The first-order valence-corrected chi connectivity index (χ1v) is 5.08. The minimum atomic E-state index is -0.842. The molecule has 1 unspecified atom stereocenters. The molecule has 5 nitrogen and oxygen atoms in total. The molecule has 0 bridgehead atoms. The number of fused-ring (bicyclic) bond motifs is 1. The first kappa shape index (κ1) is 11.1. The maximum atomic E-state index is 12.0. The molecular formula is C11H14N2O3. The average Bonchev–Trinajstić information content (AvgIpc) is 2.32. The summed E-state index contributed by atoms with van der Waals surface area (Å²) in [5.41, 5.74) is 3.86. The lowest BCUT2D eigenvalue weighted by molar-refractivity contribution is 0.00842. The summed E-state index contributed by atoms with van der Waals surface area (Å²) in [5, 5.41) is 11.2. The number of carbonyl (C=O) groups is 1. The maximum Gasteiger partial charge on any atom is 0.268 e. The van der Waals surface area contributed by atoms with Gasteiger partial charge in [0.05, 0.1) is 13.2 Å². The zero-order chi connectivity index (χ0) is 11.5. The first-order valence-electron chi connectivity index (χ1n) is 5.08. The van der Waals surface area contributed by atoms with E-state index in [1.807, 2.05) is 0 Å². The summed E-state index contributed by atoms with van der Waals surface area (Å²) in [6.45, 7) is 0.828. The van der Waals surface area contributed by atoms with Crippen molar-refractivity contribution in [3.8, 4) is 0 Å². The van der Waals surface area contributed by atoms with Gasteiger partial charge in [0, 0.05) is 18.2 Å². The molecule has 0 aromatic heterocycles. The topological polar surface area (TPSA) is 61.8 Å². The van der Waals surface area contributed by atoms with Crippen LogP contribution in [-0.2, 0) is 4.74 Å². The number of carbonyl (C=O) groups excluding carboxylic acids is 1. The Morgan fingerprint density at radius 3 is 3.00 bits per heavy atom. The zero-order valence-corrected chi connectivity index (χ0v) is 9.01. The smallest absolute Gasteiger partial charge is 0.268 e. The van der Waals surface area contributed by atoms with E-state index < -0.39 is 6.23 Å². The van der Waals surface area contributed by atoms with Gasteiger partial charge in [0.2, 0.25) is 0 Å². The van der Waals surface area contributed by atoms with E-state index in [0.717, 1.165) is 0 Å². The third-order valence-electron chi connectivity index (χ3n) is 2.53. The third kappa shape index (κ3) is 1.92. The van der Waals surface area contributed by atoms with Crippen molar-refractivity contribution in [3.63, 3.8) is 0 Å². The molecule has 0 spiro atoms. The van der Waals surface area contributed by atoms with Crippen LogP contribution in [-0.4, -0.2) is 36.3 Å². The lowest BCUT2D eigenvalue weighted by Gasteiger charge is -2.32. The number of aliphatic hydroxyl groups is 1. The Balaban J connectivity index is 2.24. The fraction of sp³-hybridized carbons (Fsp3) is 0.364. The second-order valence-electron chi connectivity index (χ2n) is 3.57. The highest BCUT2D eigenvalue weighted by Crippen LogP contribution is 2.22. The summed E-state index contributed by atoms with van der Waals surface area (Å²) in [6.07, 6.45) is -0.842. The number of aliphatic hydroxyl groups excluding tert-OH is 1. The molecule has 1 aromatic rings. The number of rotatable bonds is 3. The normalized spacial score (nSPS) is 19.8. The predicted molar refractivity (Wildman–Crippen MR) is 57.5 cm³/mol. The molecule has 0 aliphatic carbocycles. The molecule has 86 valence electrons. The van der Waals surface area contributed by atoms with Crippen LogP contribution in [0.3, 0.4) is 0 Å². The fourth-order valence-electron chi connectivity index (χ4n) is 1.70. The molecule has 2 rings (SSSR count). The average molecular weight is 222 g/mol. The van der Waals surface area contributed by atoms with Crippen molar-refractivity contribution < 1.29 is 14.6 Å². The number of hydrogen-bond donors (Lipinski definition) is 2. The summed E-state index contributed by atoms with van der Waals surface area (Å²) < 4.78 is 4.90. The van der Waals surface area contributed by atoms with Crippen molar-refractivity contribution in [3.05, 3.63) is 35.4 Å². The van der Waals surface area contributed by atoms with Gasteiger partial charge in [0.15, 0.2) is 0 Å². The molecule has 1 atom stereocenters. The van der Waals surface area contributed by atoms with Crippen molar-refractivity contribution in [2.75, 3.05) is 20.3 Å². The van der Waals surface area contributed by atoms with E-state index in [9.17, 15) is 9.90 Å². The molecule has 1 aromatic carbocycles. The van der Waals surface area contributed by atoms with E-state index in [4.69, 9.17) is 4.74 Å². The van der Waals surface area contributed by atoms with E-state index in [1.54, 1.807) is 31.4 Å². The van der Waals surface area contributed by atoms with E-state index in [2.05, 4.69) is 5.43 Å². The van der Waals surface area contributed by atoms with Gasteiger partial charge in [-0.3, -0.25) is 9.80 Å². The Labute approximate surface area is 93.6 Å². The maximum absolute atomic E-state index is 12.0. The highest BCUT2D eigenvalue weighted by atomic mass is 16.5. The molecule has 16 heavy (non-hydrogen) atoms. The summed E-state index contributed by atoms with van der Waals surface area (Å²) >= 11 is 0. The van der Waals surface area contributed by atoms with Crippen LogP contribution in [0.5, 0.6) is 0 Å². The molecule has 0 saturated heterocycles. The molecule has 1 aliphatic heterocycles. The van der Waals surface area contributed by atoms with Crippen LogP contribution in [0.15, 0.2) is 24.3 Å². The molecule has 1 amide bonds. The van der Waals surface area contributed by atoms with Crippen molar-refractivity contribution in [2.45, 2.75) is 6.23 Å². The summed E-state index contributed by atoms with van der Waals surface area (Å²) in [6, 6.07) is 7.02. The number of nitrogens with one attached hydrogen (secondary N) is 1. The Morgan fingerprint density at radius 1 is 1.50 bits per heavy atom. The van der Waals surface area contributed by atoms with Crippen molar-refractivity contribution in [1.82, 2.24) is 10.4 Å². The molecule has 1 aliphatic rings. The predicted octanol–water partition coefficient (Wildman–Crippen LogP) is 0.284. The molecule has 5 heteroatoms. The van der Waals surface area contributed by atoms with Crippen molar-refractivity contribution in [2.24, 2.45) is 0 Å². The van der Waals surface area contributed by atoms with Gasteiger partial charge in [-0.25, -0.2) is 0 Å². The fourth-order valence-corrected chi connectivity index (χ4v) is 1.70. The number of nitrogens with zero attached hydrogens (tertiary/aromatic N) is 1. The zero-order valence-electron chi connectivity index (χ0n) is 9.01. The van der Waals surface area contributed by atoms with Crippen LogP contribution in [0.4, 0.5) is 0 Å². The number of benzene rings is 1. The van der Waals surface area contributed by atoms with Crippen LogP contribution in [0, 0.1) is 0 Å². The van der Waals surface area contributed by atoms with Gasteiger partial charge in [0.1, 0.15) is 6.23 Å². The molecule has 1 heterocycles. The number of methoxy groups -OCH3 is 1. The molecule has 0 saturated carbocycles. The minimum Gasteiger partial charge on any atom is -0.383 e. The number of hydrogen-bond acceptors (Lipinski definition) is 4. The van der Waals surface area contributed by atoms with E-state index in [0.29, 0.717) is 24.3 Å². The lowest BCUT2D eigenvalue weighted by atomic mass is 10.0. The summed E-state index contributed by atoms with van der Waals surface area (Å²) in [4.78, 5) is 12.0. The summed E-state index contributed by atoms with van der Waals surface area (Å²) in [7, 11) is 1.57. The standard InChI is InChI=1S/C11H14N2O3/c1-16-7-6-13-11(15)9-5-3-2-4-8(9)10(14)12-13/h2-5,10,12,14H,6-7H2,1H3. The van der Waals surface area contributed by atoms with Crippen LogP contribution in [0.1, 0.15) is 22.1 Å². The summed E-state index contributed by atoms with van der Waals surface area (Å²) in [5.74, 6) is -0.141. The third-order valence-corrected chi connectivity index (χ3v) is 2.53. The van der Waals surface area contributed by atoms with Gasteiger partial charge in [-0.1, -0.05) is 18.2 Å². The number of hydrazine groups is 1. The monoisotopic (exact) mass is 222 g/mol. The van der Waals surface area contributed by atoms with Crippen LogP contribution < -0.4 is 5.43 Å². The van der Waals surface area contributed by atoms with Gasteiger partial charge in [-0.05, 0) is 6.07 Å². The largest absolute Gasteiger partial charge is 0.383 e. The first-order chi connectivity index (χ1) is 7.74. The Hall–Kier alpha value is -1.43. The Morgan fingerprint density at radius 2 is 2.25 bits per heavy atom. The number of amides is 1. The lowest BCUT2D eigenvalue weighted by Crippen LogP contribution is -2.50. The molecular weight excluding hydrogens is 208 g/mol. The van der Waals surface area contributed by atoms with Crippen LogP contribution in [0.25, 0.3) is 0 Å². The molecule has 0 fully saturated rings. The minimum absolute atomic E-state index is 0.141. The highest BCUT2D eigenvalue weighted by Gasteiger charge is 2.28. The Bertz CT molecular complexity index is 395. The van der Waals surface area contributed by atoms with Crippen LogP contribution in [0.2, 0.25) is 0 Å². The second kappa shape index (κ2) is 4.61. The van der Waals surface area contributed by atoms with E-state index in [1.165, 1.54) is 5.01 Å². The van der Waals surface area contributed by atoms with Gasteiger partial charge >= 0.3 is 0 Å².